The maximum Gasteiger partial charge on any atom is 0.233 e. The van der Waals surface area contributed by atoms with Crippen molar-refractivity contribution in [3.63, 3.8) is 0 Å². The predicted molar refractivity (Wildman–Crippen MR) is 102 cm³/mol. The highest BCUT2D eigenvalue weighted by Crippen LogP contribution is 2.24. The smallest absolute Gasteiger partial charge is 0.233 e. The van der Waals surface area contributed by atoms with E-state index in [1.807, 2.05) is 56.3 Å². The molecule has 2 aromatic carbocycles. The van der Waals surface area contributed by atoms with Gasteiger partial charge in [-0.2, -0.15) is 4.68 Å². The van der Waals surface area contributed by atoms with Crippen LogP contribution in [0.3, 0.4) is 0 Å². The lowest BCUT2D eigenvalue weighted by molar-refractivity contribution is -0.120. The second-order valence-electron chi connectivity index (χ2n) is 5.75. The van der Waals surface area contributed by atoms with E-state index in [2.05, 4.69) is 20.8 Å². The molecule has 2 unspecified atom stereocenters. The van der Waals surface area contributed by atoms with Crippen molar-refractivity contribution in [2.45, 2.75) is 30.3 Å². The number of hydrogen-bond acceptors (Lipinski definition) is 5. The van der Waals surface area contributed by atoms with Gasteiger partial charge in [-0.1, -0.05) is 53.7 Å². The molecule has 0 radical (unpaired) electrons. The van der Waals surface area contributed by atoms with Crippen LogP contribution in [0.1, 0.15) is 25.5 Å². The van der Waals surface area contributed by atoms with Crippen LogP contribution in [0.4, 0.5) is 0 Å². The van der Waals surface area contributed by atoms with Crippen LogP contribution in [0.25, 0.3) is 5.69 Å². The highest BCUT2D eigenvalue weighted by Gasteiger charge is 2.21. The molecule has 0 spiro atoms. The van der Waals surface area contributed by atoms with Crippen molar-refractivity contribution in [1.29, 1.82) is 0 Å². The summed E-state index contributed by atoms with van der Waals surface area (Å²) >= 11 is 7.22. The minimum Gasteiger partial charge on any atom is -0.349 e. The van der Waals surface area contributed by atoms with Gasteiger partial charge in [0.05, 0.1) is 17.0 Å². The summed E-state index contributed by atoms with van der Waals surface area (Å²) < 4.78 is 1.59. The number of hydrogen-bond donors (Lipinski definition) is 1. The van der Waals surface area contributed by atoms with Gasteiger partial charge in [-0.3, -0.25) is 4.79 Å². The zero-order valence-corrected chi connectivity index (χ0v) is 15.9. The van der Waals surface area contributed by atoms with Crippen LogP contribution in [0.2, 0.25) is 5.02 Å². The minimum absolute atomic E-state index is 0.0704. The van der Waals surface area contributed by atoms with E-state index in [4.69, 9.17) is 11.6 Å². The standard InChI is InChI=1S/C18H18ClN5OS/c1-12(14-6-4-3-5-7-14)20-17(25)13(2)26-18-21-22-23-24(18)16-10-8-15(19)9-11-16/h3-13H,1-2H3,(H,20,25). The van der Waals surface area contributed by atoms with E-state index >= 15 is 0 Å². The average molecular weight is 388 g/mol. The van der Waals surface area contributed by atoms with E-state index < -0.39 is 0 Å². The monoisotopic (exact) mass is 387 g/mol. The first-order chi connectivity index (χ1) is 12.5. The Balaban J connectivity index is 1.67. The summed E-state index contributed by atoms with van der Waals surface area (Å²) in [4.78, 5) is 12.5. The molecule has 8 heteroatoms. The van der Waals surface area contributed by atoms with Crippen molar-refractivity contribution < 1.29 is 4.79 Å². The van der Waals surface area contributed by atoms with Gasteiger partial charge in [0, 0.05) is 5.02 Å². The predicted octanol–water partition coefficient (Wildman–Crippen LogP) is 3.67. The summed E-state index contributed by atoms with van der Waals surface area (Å²) in [6.45, 7) is 3.79. The van der Waals surface area contributed by atoms with Crippen LogP contribution in [-0.4, -0.2) is 31.4 Å². The number of aromatic nitrogens is 4. The number of carbonyl (C=O) groups excluding carboxylic acids is 1. The first-order valence-electron chi connectivity index (χ1n) is 8.11. The fourth-order valence-electron chi connectivity index (χ4n) is 2.36. The van der Waals surface area contributed by atoms with Crippen LogP contribution >= 0.6 is 23.4 Å². The van der Waals surface area contributed by atoms with Crippen molar-refractivity contribution >= 4 is 29.3 Å². The topological polar surface area (TPSA) is 72.7 Å². The van der Waals surface area contributed by atoms with Crippen LogP contribution in [-0.2, 0) is 4.79 Å². The molecule has 0 fully saturated rings. The average Bonchev–Trinajstić information content (AvgIpc) is 3.11. The lowest BCUT2D eigenvalue weighted by Crippen LogP contribution is -2.33. The Hall–Kier alpha value is -2.38. The Morgan fingerprint density at radius 1 is 1.12 bits per heavy atom. The molecule has 0 aliphatic rings. The van der Waals surface area contributed by atoms with E-state index in [1.54, 1.807) is 16.8 Å². The fourth-order valence-corrected chi connectivity index (χ4v) is 3.31. The number of carbonyl (C=O) groups is 1. The third-order valence-electron chi connectivity index (χ3n) is 3.82. The molecule has 1 amide bonds. The molecule has 0 aliphatic heterocycles. The molecule has 0 aliphatic carbocycles. The fraction of sp³-hybridized carbons (Fsp3) is 0.222. The van der Waals surface area contributed by atoms with E-state index in [9.17, 15) is 4.79 Å². The van der Waals surface area contributed by atoms with E-state index in [0.717, 1.165) is 11.3 Å². The highest BCUT2D eigenvalue weighted by molar-refractivity contribution is 8.00. The van der Waals surface area contributed by atoms with Gasteiger partial charge in [0.1, 0.15) is 0 Å². The summed E-state index contributed by atoms with van der Waals surface area (Å²) in [5.74, 6) is -0.0722. The molecule has 26 heavy (non-hydrogen) atoms. The van der Waals surface area contributed by atoms with Gasteiger partial charge >= 0.3 is 0 Å². The molecule has 1 aromatic heterocycles. The quantitative estimate of drug-likeness (QED) is 0.653. The van der Waals surface area contributed by atoms with Gasteiger partial charge in [-0.25, -0.2) is 0 Å². The number of halogens is 1. The molecule has 1 heterocycles. The first-order valence-corrected chi connectivity index (χ1v) is 9.36. The third-order valence-corrected chi connectivity index (χ3v) is 5.11. The van der Waals surface area contributed by atoms with Crippen molar-refractivity contribution in [3.05, 3.63) is 65.2 Å². The Morgan fingerprint density at radius 3 is 2.50 bits per heavy atom. The highest BCUT2D eigenvalue weighted by atomic mass is 35.5. The van der Waals surface area contributed by atoms with Crippen LogP contribution in [0.15, 0.2) is 59.8 Å². The maximum atomic E-state index is 12.5. The van der Waals surface area contributed by atoms with Crippen molar-refractivity contribution in [3.8, 4) is 5.69 Å². The lowest BCUT2D eigenvalue weighted by atomic mass is 10.1. The Kier molecular flexibility index (Phi) is 5.90. The molecule has 134 valence electrons. The summed E-state index contributed by atoms with van der Waals surface area (Å²) in [5, 5.41) is 15.6. The molecule has 6 nitrogen and oxygen atoms in total. The molecule has 0 saturated carbocycles. The molecule has 1 N–H and O–H groups in total. The number of rotatable bonds is 6. The summed E-state index contributed by atoms with van der Waals surface area (Å²) in [6, 6.07) is 17.0. The number of thioether (sulfide) groups is 1. The minimum atomic E-state index is -0.349. The Bertz CT molecular complexity index is 869. The largest absolute Gasteiger partial charge is 0.349 e. The van der Waals surface area contributed by atoms with Gasteiger partial charge in [-0.05, 0) is 54.1 Å². The molecule has 0 bridgehead atoms. The molecule has 3 rings (SSSR count). The molecular formula is C18H18ClN5OS. The number of nitrogens with zero attached hydrogens (tertiary/aromatic N) is 4. The molecular weight excluding hydrogens is 370 g/mol. The molecule has 3 aromatic rings. The van der Waals surface area contributed by atoms with E-state index in [1.165, 1.54) is 11.8 Å². The van der Waals surface area contributed by atoms with E-state index in [-0.39, 0.29) is 17.2 Å². The SMILES string of the molecule is CC(Sc1nnnn1-c1ccc(Cl)cc1)C(=O)NC(C)c1ccccc1. The van der Waals surface area contributed by atoms with Gasteiger partial charge in [-0.15, -0.1) is 5.10 Å². The van der Waals surface area contributed by atoms with Crippen LogP contribution < -0.4 is 5.32 Å². The zero-order chi connectivity index (χ0) is 18.5. The number of amides is 1. The Morgan fingerprint density at radius 2 is 1.81 bits per heavy atom. The molecule has 0 saturated heterocycles. The summed E-state index contributed by atoms with van der Waals surface area (Å²) in [5.41, 5.74) is 1.84. The van der Waals surface area contributed by atoms with Gasteiger partial charge < -0.3 is 5.32 Å². The zero-order valence-electron chi connectivity index (χ0n) is 14.3. The van der Waals surface area contributed by atoms with Crippen molar-refractivity contribution in [2.75, 3.05) is 0 Å². The second-order valence-corrected chi connectivity index (χ2v) is 7.50. The second kappa shape index (κ2) is 8.33. The van der Waals surface area contributed by atoms with Gasteiger partial charge in [0.15, 0.2) is 0 Å². The Labute approximate surface area is 160 Å². The normalized spacial score (nSPS) is 13.2. The van der Waals surface area contributed by atoms with Crippen LogP contribution in [0.5, 0.6) is 0 Å². The van der Waals surface area contributed by atoms with Crippen molar-refractivity contribution in [2.24, 2.45) is 0 Å². The maximum absolute atomic E-state index is 12.5. The van der Waals surface area contributed by atoms with Gasteiger partial charge in [0.25, 0.3) is 0 Å². The number of benzene rings is 2. The van der Waals surface area contributed by atoms with E-state index in [0.29, 0.717) is 10.2 Å². The van der Waals surface area contributed by atoms with Crippen molar-refractivity contribution in [1.82, 2.24) is 25.5 Å². The van der Waals surface area contributed by atoms with Crippen LogP contribution in [0, 0.1) is 0 Å². The summed E-state index contributed by atoms with van der Waals surface area (Å²) in [6.07, 6.45) is 0. The molecule has 2 atom stereocenters. The lowest BCUT2D eigenvalue weighted by Gasteiger charge is -2.17. The van der Waals surface area contributed by atoms with Gasteiger partial charge in [0.2, 0.25) is 11.1 Å². The number of nitrogens with one attached hydrogen (secondary N) is 1. The number of tetrazole rings is 1. The third kappa shape index (κ3) is 4.42. The first kappa shape index (κ1) is 18.4. The summed E-state index contributed by atoms with van der Waals surface area (Å²) in [7, 11) is 0.